The second kappa shape index (κ2) is 4.54. The van der Waals surface area contributed by atoms with Gasteiger partial charge in [0.15, 0.2) is 5.79 Å². The van der Waals surface area contributed by atoms with Crippen molar-refractivity contribution >= 4 is 7.85 Å². The molecule has 0 spiro atoms. The van der Waals surface area contributed by atoms with Crippen LogP contribution in [0.4, 0.5) is 0 Å². The van der Waals surface area contributed by atoms with E-state index in [2.05, 4.69) is 0 Å². The standard InChI is InChI=1S/C10H15BO4.2CH4/c1-12-5-9-3-4-14-6-7(9)10(9,13-2)15-8(6)11;;/h6-8H,3-5H2,1-2H3;2*1H4/t6-,7?,8+,9+,10?;;/m0../s1. The Hall–Kier alpha value is -0.0951. The molecule has 2 unspecified atom stereocenters. The summed E-state index contributed by atoms with van der Waals surface area (Å²) < 4.78 is 22.2. The molecule has 5 atom stereocenters. The highest BCUT2D eigenvalue weighted by atomic mass is 16.7. The van der Waals surface area contributed by atoms with Crippen LogP contribution in [0.3, 0.4) is 0 Å². The van der Waals surface area contributed by atoms with Crippen LogP contribution in [0, 0.1) is 11.3 Å². The summed E-state index contributed by atoms with van der Waals surface area (Å²) in [4.78, 5) is 0. The van der Waals surface area contributed by atoms with E-state index in [4.69, 9.17) is 26.8 Å². The third-order valence-corrected chi connectivity index (χ3v) is 4.14. The Kier molecular flexibility index (Phi) is 3.99. The third kappa shape index (κ3) is 1.46. The molecule has 0 bridgehead atoms. The lowest BCUT2D eigenvalue weighted by molar-refractivity contribution is -0.198. The van der Waals surface area contributed by atoms with Crippen LogP contribution < -0.4 is 0 Å². The van der Waals surface area contributed by atoms with E-state index in [1.165, 1.54) is 0 Å². The fourth-order valence-electron chi connectivity index (χ4n) is 3.54. The van der Waals surface area contributed by atoms with E-state index >= 15 is 0 Å². The first-order valence-electron chi connectivity index (χ1n) is 5.31. The van der Waals surface area contributed by atoms with Crippen LogP contribution in [0.2, 0.25) is 0 Å². The van der Waals surface area contributed by atoms with Gasteiger partial charge in [-0.1, -0.05) is 14.9 Å². The number of fused-ring (bicyclic) bond motifs is 1. The summed E-state index contributed by atoms with van der Waals surface area (Å²) in [7, 11) is 9.23. The maximum atomic E-state index is 5.85. The quantitative estimate of drug-likeness (QED) is 0.696. The highest BCUT2D eigenvalue weighted by molar-refractivity contribution is 6.11. The van der Waals surface area contributed by atoms with Crippen LogP contribution >= 0.6 is 0 Å². The molecule has 4 nitrogen and oxygen atoms in total. The SMILES string of the molecule is C.C.[B][C@@H]1OC2(OC)C3[C@@H]1OCC[C@@]32COC. The molecule has 2 saturated heterocycles. The van der Waals surface area contributed by atoms with Crippen molar-refractivity contribution in [2.24, 2.45) is 11.3 Å². The molecular formula is C12H23BO4. The van der Waals surface area contributed by atoms with Crippen molar-refractivity contribution in [3.05, 3.63) is 0 Å². The van der Waals surface area contributed by atoms with Crippen molar-refractivity contribution in [1.29, 1.82) is 0 Å². The highest BCUT2D eigenvalue weighted by Crippen LogP contribution is 2.74. The van der Waals surface area contributed by atoms with Gasteiger partial charge in [-0.3, -0.25) is 0 Å². The van der Waals surface area contributed by atoms with Gasteiger partial charge in [-0.05, 0) is 6.42 Å². The molecule has 0 aromatic carbocycles. The molecule has 0 amide bonds. The van der Waals surface area contributed by atoms with Crippen molar-refractivity contribution in [3.8, 4) is 0 Å². The van der Waals surface area contributed by atoms with Crippen LogP contribution in [-0.2, 0) is 18.9 Å². The second-order valence-electron chi connectivity index (χ2n) is 4.61. The molecule has 1 aliphatic carbocycles. The van der Waals surface area contributed by atoms with Crippen LogP contribution in [0.25, 0.3) is 0 Å². The minimum Gasteiger partial charge on any atom is -0.384 e. The zero-order valence-electron chi connectivity index (χ0n) is 9.06. The van der Waals surface area contributed by atoms with Gasteiger partial charge in [-0.25, -0.2) is 0 Å². The van der Waals surface area contributed by atoms with Gasteiger partial charge >= 0.3 is 0 Å². The molecule has 5 heteroatoms. The van der Waals surface area contributed by atoms with E-state index in [1.807, 2.05) is 0 Å². The smallest absolute Gasteiger partial charge is 0.182 e. The predicted molar refractivity (Wildman–Crippen MR) is 66.0 cm³/mol. The Morgan fingerprint density at radius 3 is 2.65 bits per heavy atom. The molecule has 0 aromatic heterocycles. The molecule has 2 aliphatic heterocycles. The number of ether oxygens (including phenoxy) is 4. The van der Waals surface area contributed by atoms with Crippen molar-refractivity contribution in [1.82, 2.24) is 0 Å². The van der Waals surface area contributed by atoms with Gasteiger partial charge in [0.2, 0.25) is 0 Å². The van der Waals surface area contributed by atoms with Crippen LogP contribution in [0.15, 0.2) is 0 Å². The summed E-state index contributed by atoms with van der Waals surface area (Å²) in [6.45, 7) is 1.37. The Labute approximate surface area is 105 Å². The summed E-state index contributed by atoms with van der Waals surface area (Å²) in [5.74, 6) is -0.317. The average Bonchev–Trinajstić information content (AvgIpc) is 2.65. The van der Waals surface area contributed by atoms with Gasteiger partial charge in [-0.2, -0.15) is 0 Å². The first kappa shape index (κ1) is 15.0. The molecular weight excluding hydrogens is 219 g/mol. The van der Waals surface area contributed by atoms with E-state index in [1.54, 1.807) is 14.2 Å². The van der Waals surface area contributed by atoms with Crippen molar-refractivity contribution in [2.45, 2.75) is 39.2 Å². The summed E-state index contributed by atoms with van der Waals surface area (Å²) in [5, 5.41) is 0. The van der Waals surface area contributed by atoms with E-state index in [0.717, 1.165) is 6.42 Å². The van der Waals surface area contributed by atoms with Gasteiger partial charge in [0, 0.05) is 26.8 Å². The van der Waals surface area contributed by atoms with Gasteiger partial charge < -0.3 is 18.9 Å². The fourth-order valence-corrected chi connectivity index (χ4v) is 3.54. The molecule has 3 fully saturated rings. The summed E-state index contributed by atoms with van der Waals surface area (Å²) in [6.07, 6.45) is 0.886. The van der Waals surface area contributed by atoms with Crippen molar-refractivity contribution < 1.29 is 18.9 Å². The Bertz CT molecular complexity index is 280. The lowest BCUT2D eigenvalue weighted by Crippen LogP contribution is -2.42. The zero-order valence-corrected chi connectivity index (χ0v) is 9.06. The van der Waals surface area contributed by atoms with Gasteiger partial charge in [0.25, 0.3) is 0 Å². The molecule has 2 heterocycles. The molecule has 0 aromatic rings. The van der Waals surface area contributed by atoms with E-state index in [0.29, 0.717) is 13.2 Å². The van der Waals surface area contributed by atoms with Crippen LogP contribution in [0.1, 0.15) is 21.3 Å². The van der Waals surface area contributed by atoms with Crippen LogP contribution in [0.5, 0.6) is 0 Å². The number of methoxy groups -OCH3 is 2. The average molecular weight is 242 g/mol. The Balaban J connectivity index is 0.000000722. The highest BCUT2D eigenvalue weighted by Gasteiger charge is 2.86. The molecule has 98 valence electrons. The molecule has 3 aliphatic rings. The lowest BCUT2D eigenvalue weighted by atomic mass is 9.85. The van der Waals surface area contributed by atoms with E-state index < -0.39 is 5.79 Å². The topological polar surface area (TPSA) is 36.9 Å². The molecule has 17 heavy (non-hydrogen) atoms. The van der Waals surface area contributed by atoms with Crippen LogP contribution in [-0.4, -0.2) is 53.2 Å². The first-order valence-corrected chi connectivity index (χ1v) is 5.31. The summed E-state index contributed by atoms with van der Waals surface area (Å²) >= 11 is 0. The number of hydrogen-bond donors (Lipinski definition) is 0. The first-order chi connectivity index (χ1) is 7.22. The minimum atomic E-state index is -0.552. The fraction of sp³-hybridized carbons (Fsp3) is 1.00. The molecule has 1 saturated carbocycles. The number of rotatable bonds is 3. The van der Waals surface area contributed by atoms with Crippen molar-refractivity contribution in [3.63, 3.8) is 0 Å². The predicted octanol–water partition coefficient (Wildman–Crippen LogP) is 1.18. The molecule has 0 N–H and O–H groups in total. The number of hydrogen-bond acceptors (Lipinski definition) is 4. The maximum absolute atomic E-state index is 5.85. The van der Waals surface area contributed by atoms with E-state index in [-0.39, 0.29) is 38.3 Å². The summed E-state index contributed by atoms with van der Waals surface area (Å²) in [5.41, 5.74) is -0.0325. The van der Waals surface area contributed by atoms with Crippen molar-refractivity contribution in [2.75, 3.05) is 27.4 Å². The van der Waals surface area contributed by atoms with E-state index in [9.17, 15) is 0 Å². The zero-order chi connectivity index (χ0) is 10.7. The maximum Gasteiger partial charge on any atom is 0.182 e. The molecule has 2 radical (unpaired) electrons. The monoisotopic (exact) mass is 242 g/mol. The van der Waals surface area contributed by atoms with Gasteiger partial charge in [0.05, 0.1) is 24.0 Å². The second-order valence-corrected chi connectivity index (χ2v) is 4.61. The Morgan fingerprint density at radius 1 is 1.35 bits per heavy atom. The van der Waals surface area contributed by atoms with Gasteiger partial charge in [0.1, 0.15) is 7.85 Å². The Morgan fingerprint density at radius 2 is 2.06 bits per heavy atom. The lowest BCUT2D eigenvalue weighted by Gasteiger charge is -2.34. The summed E-state index contributed by atoms with van der Waals surface area (Å²) in [6, 6.07) is -0.361. The normalized spacial score (nSPS) is 49.9. The largest absolute Gasteiger partial charge is 0.384 e. The minimum absolute atomic E-state index is 0. The third-order valence-electron chi connectivity index (χ3n) is 4.14. The molecule has 3 rings (SSSR count). The van der Waals surface area contributed by atoms with Gasteiger partial charge in [-0.15, -0.1) is 0 Å².